The lowest BCUT2D eigenvalue weighted by Gasteiger charge is -2.10. The number of pyridine rings is 1. The number of halogens is 1. The predicted molar refractivity (Wildman–Crippen MR) is 78.9 cm³/mol. The number of hydrogen-bond donors (Lipinski definition) is 1. The Morgan fingerprint density at radius 3 is 2.89 bits per heavy atom. The molecule has 1 aromatic heterocycles. The molecule has 0 aromatic carbocycles. The van der Waals surface area contributed by atoms with Crippen molar-refractivity contribution in [3.05, 3.63) is 30.1 Å². The van der Waals surface area contributed by atoms with Gasteiger partial charge in [-0.1, -0.05) is 22.0 Å². The van der Waals surface area contributed by atoms with E-state index in [2.05, 4.69) is 25.6 Å². The standard InChI is InChI=1S/C12H19BrN2O3S/c1-18-10-11(13)5-8-15-19(16,17)9-6-12-4-2-3-7-14-12/h2-4,7,11,15H,5-6,8-10H2,1H3. The second-order valence-electron chi connectivity index (χ2n) is 4.13. The van der Waals surface area contributed by atoms with Crippen molar-refractivity contribution in [1.82, 2.24) is 9.71 Å². The van der Waals surface area contributed by atoms with Gasteiger partial charge in [0, 0.05) is 36.8 Å². The molecule has 0 radical (unpaired) electrons. The Balaban J connectivity index is 2.28. The number of alkyl halides is 1. The van der Waals surface area contributed by atoms with Crippen LogP contribution < -0.4 is 4.72 Å². The van der Waals surface area contributed by atoms with E-state index in [4.69, 9.17) is 4.74 Å². The summed E-state index contributed by atoms with van der Waals surface area (Å²) >= 11 is 3.41. The molecular weight excluding hydrogens is 332 g/mol. The topological polar surface area (TPSA) is 68.3 Å². The van der Waals surface area contributed by atoms with Gasteiger partial charge in [-0.3, -0.25) is 4.98 Å². The van der Waals surface area contributed by atoms with Gasteiger partial charge in [0.1, 0.15) is 0 Å². The van der Waals surface area contributed by atoms with Gasteiger partial charge < -0.3 is 4.74 Å². The summed E-state index contributed by atoms with van der Waals surface area (Å²) in [6, 6.07) is 5.48. The van der Waals surface area contributed by atoms with Gasteiger partial charge in [-0.05, 0) is 18.6 Å². The van der Waals surface area contributed by atoms with Gasteiger partial charge >= 0.3 is 0 Å². The van der Waals surface area contributed by atoms with Crippen LogP contribution in [0.5, 0.6) is 0 Å². The molecule has 1 rings (SSSR count). The third-order valence-electron chi connectivity index (χ3n) is 2.48. The summed E-state index contributed by atoms with van der Waals surface area (Å²) in [5.41, 5.74) is 0.783. The zero-order valence-electron chi connectivity index (χ0n) is 10.9. The highest BCUT2D eigenvalue weighted by molar-refractivity contribution is 9.09. The number of rotatable bonds is 9. The summed E-state index contributed by atoms with van der Waals surface area (Å²) in [4.78, 5) is 4.26. The lowest BCUT2D eigenvalue weighted by Crippen LogP contribution is -2.30. The molecule has 0 saturated heterocycles. The molecule has 0 aliphatic rings. The Hall–Kier alpha value is -0.500. The second-order valence-corrected chi connectivity index (χ2v) is 7.35. The van der Waals surface area contributed by atoms with Crippen LogP contribution >= 0.6 is 15.9 Å². The minimum absolute atomic E-state index is 0.0568. The average Bonchev–Trinajstić information content (AvgIpc) is 2.38. The number of sulfonamides is 1. The van der Waals surface area contributed by atoms with E-state index in [9.17, 15) is 8.42 Å². The molecule has 1 aromatic rings. The van der Waals surface area contributed by atoms with Crippen LogP contribution in [-0.4, -0.2) is 44.2 Å². The minimum Gasteiger partial charge on any atom is -0.384 e. The van der Waals surface area contributed by atoms with Crippen LogP contribution in [-0.2, 0) is 21.2 Å². The molecule has 0 bridgehead atoms. The Kier molecular flexibility index (Phi) is 7.52. The van der Waals surface area contributed by atoms with E-state index in [1.807, 2.05) is 18.2 Å². The fraction of sp³-hybridized carbons (Fsp3) is 0.583. The van der Waals surface area contributed by atoms with E-state index in [0.717, 1.165) is 5.69 Å². The van der Waals surface area contributed by atoms with E-state index in [0.29, 0.717) is 26.0 Å². The Morgan fingerprint density at radius 2 is 2.26 bits per heavy atom. The monoisotopic (exact) mass is 350 g/mol. The summed E-state index contributed by atoms with van der Waals surface area (Å²) in [6.45, 7) is 0.972. The SMILES string of the molecule is COCC(Br)CCNS(=O)(=O)CCc1ccccn1. The molecule has 1 atom stereocenters. The normalized spacial score (nSPS) is 13.4. The number of nitrogens with zero attached hydrogens (tertiary/aromatic N) is 1. The second kappa shape index (κ2) is 8.63. The molecule has 0 spiro atoms. The van der Waals surface area contributed by atoms with E-state index in [1.54, 1.807) is 13.3 Å². The van der Waals surface area contributed by atoms with Crippen molar-refractivity contribution in [2.75, 3.05) is 26.0 Å². The number of ether oxygens (including phenoxy) is 1. The van der Waals surface area contributed by atoms with Crippen molar-refractivity contribution in [3.8, 4) is 0 Å². The molecule has 1 N–H and O–H groups in total. The lowest BCUT2D eigenvalue weighted by atomic mass is 10.3. The lowest BCUT2D eigenvalue weighted by molar-refractivity contribution is 0.199. The molecule has 19 heavy (non-hydrogen) atoms. The van der Waals surface area contributed by atoms with Gasteiger partial charge in [-0.15, -0.1) is 0 Å². The molecule has 0 fully saturated rings. The van der Waals surface area contributed by atoms with Crippen LogP contribution in [0.2, 0.25) is 0 Å². The summed E-state index contributed by atoms with van der Waals surface area (Å²) in [5, 5.41) is 0. The summed E-state index contributed by atoms with van der Waals surface area (Å²) in [5.74, 6) is 0.0568. The number of hydrogen-bond acceptors (Lipinski definition) is 4. The molecule has 1 unspecified atom stereocenters. The smallest absolute Gasteiger partial charge is 0.211 e. The van der Waals surface area contributed by atoms with Crippen molar-refractivity contribution >= 4 is 26.0 Å². The van der Waals surface area contributed by atoms with Crippen LogP contribution in [0.3, 0.4) is 0 Å². The third kappa shape index (κ3) is 7.61. The highest BCUT2D eigenvalue weighted by Crippen LogP contribution is 2.04. The highest BCUT2D eigenvalue weighted by atomic mass is 79.9. The zero-order valence-corrected chi connectivity index (χ0v) is 13.3. The molecule has 5 nitrogen and oxygen atoms in total. The number of aryl methyl sites for hydroxylation is 1. The van der Waals surface area contributed by atoms with E-state index in [-0.39, 0.29) is 10.6 Å². The van der Waals surface area contributed by atoms with Crippen LogP contribution in [0.15, 0.2) is 24.4 Å². The number of methoxy groups -OCH3 is 1. The zero-order chi connectivity index (χ0) is 14.1. The Morgan fingerprint density at radius 1 is 1.47 bits per heavy atom. The largest absolute Gasteiger partial charge is 0.384 e. The summed E-state index contributed by atoms with van der Waals surface area (Å²) < 4.78 is 31.1. The van der Waals surface area contributed by atoms with E-state index < -0.39 is 10.0 Å². The maximum Gasteiger partial charge on any atom is 0.211 e. The quantitative estimate of drug-likeness (QED) is 0.682. The first-order chi connectivity index (χ1) is 9.03. The Bertz CT molecular complexity index is 453. The molecule has 0 amide bonds. The van der Waals surface area contributed by atoms with Gasteiger partial charge in [0.15, 0.2) is 0 Å². The first kappa shape index (κ1) is 16.6. The van der Waals surface area contributed by atoms with Crippen LogP contribution in [0.4, 0.5) is 0 Å². The summed E-state index contributed by atoms with van der Waals surface area (Å²) in [7, 11) is -1.63. The van der Waals surface area contributed by atoms with Gasteiger partial charge in [0.25, 0.3) is 0 Å². The van der Waals surface area contributed by atoms with Crippen LogP contribution in [0.25, 0.3) is 0 Å². The molecule has 0 aliphatic heterocycles. The van der Waals surface area contributed by atoms with Gasteiger partial charge in [0.2, 0.25) is 10.0 Å². The van der Waals surface area contributed by atoms with Gasteiger partial charge in [-0.2, -0.15) is 0 Å². The fourth-order valence-electron chi connectivity index (χ4n) is 1.49. The van der Waals surface area contributed by atoms with E-state index in [1.165, 1.54) is 0 Å². The van der Waals surface area contributed by atoms with Gasteiger partial charge in [-0.25, -0.2) is 13.1 Å². The molecule has 7 heteroatoms. The van der Waals surface area contributed by atoms with Crippen molar-refractivity contribution in [2.24, 2.45) is 0 Å². The van der Waals surface area contributed by atoms with Crippen molar-refractivity contribution in [3.63, 3.8) is 0 Å². The molecule has 0 aliphatic carbocycles. The maximum absolute atomic E-state index is 11.8. The van der Waals surface area contributed by atoms with Crippen molar-refractivity contribution in [1.29, 1.82) is 0 Å². The van der Waals surface area contributed by atoms with E-state index >= 15 is 0 Å². The number of nitrogens with one attached hydrogen (secondary N) is 1. The van der Waals surface area contributed by atoms with Crippen LogP contribution in [0.1, 0.15) is 12.1 Å². The molecular formula is C12H19BrN2O3S. The van der Waals surface area contributed by atoms with Crippen LogP contribution in [0, 0.1) is 0 Å². The molecule has 108 valence electrons. The first-order valence-corrected chi connectivity index (χ1v) is 8.60. The molecule has 1 heterocycles. The average molecular weight is 351 g/mol. The Labute approximate surface area is 122 Å². The number of aromatic nitrogens is 1. The first-order valence-electron chi connectivity index (χ1n) is 6.04. The maximum atomic E-state index is 11.8. The summed E-state index contributed by atoms with van der Waals surface area (Å²) in [6.07, 6.45) is 2.78. The predicted octanol–water partition coefficient (Wildman–Crippen LogP) is 1.34. The fourth-order valence-corrected chi connectivity index (χ4v) is 3.04. The molecule has 0 saturated carbocycles. The van der Waals surface area contributed by atoms with Crippen molar-refractivity contribution in [2.45, 2.75) is 17.7 Å². The third-order valence-corrected chi connectivity index (χ3v) is 4.59. The minimum atomic E-state index is -3.24. The van der Waals surface area contributed by atoms with Gasteiger partial charge in [0.05, 0.1) is 12.4 Å². The highest BCUT2D eigenvalue weighted by Gasteiger charge is 2.11. The van der Waals surface area contributed by atoms with Crippen molar-refractivity contribution < 1.29 is 13.2 Å².